The molecule has 94 valence electrons. The molecule has 0 radical (unpaired) electrons. The highest BCUT2D eigenvalue weighted by atomic mass is 32.1. The van der Waals surface area contributed by atoms with Crippen molar-refractivity contribution in [2.45, 2.75) is 44.4 Å². The van der Waals surface area contributed by atoms with Gasteiger partial charge in [0.1, 0.15) is 5.78 Å². The van der Waals surface area contributed by atoms with E-state index in [1.807, 2.05) is 0 Å². The van der Waals surface area contributed by atoms with Gasteiger partial charge in [-0.1, -0.05) is 6.42 Å². The maximum Gasteiger partial charge on any atom is 0.294 e. The monoisotopic (exact) mass is 248 g/mol. The molecule has 0 bridgehead atoms. The van der Waals surface area contributed by atoms with Crippen LogP contribution in [0, 0.1) is 0 Å². The molecule has 0 heterocycles. The Kier molecular flexibility index (Phi) is 9.27. The normalized spacial score (nSPS) is 14.2. The van der Waals surface area contributed by atoms with Crippen LogP contribution in [-0.4, -0.2) is 30.3 Å². The smallest absolute Gasteiger partial charge is 0.294 e. The van der Waals surface area contributed by atoms with Crippen LogP contribution in [0.2, 0.25) is 0 Å². The first-order valence-corrected chi connectivity index (χ1v) is 5.99. The number of unbranched alkanes of at least 4 members (excludes halogenated alkanes) is 2. The predicted molar refractivity (Wildman–Crippen MR) is 65.0 cm³/mol. The first-order chi connectivity index (χ1) is 7.61. The molecule has 0 aliphatic carbocycles. The Morgan fingerprint density at radius 3 is 2.56 bits per heavy atom. The van der Waals surface area contributed by atoms with E-state index >= 15 is 0 Å². The van der Waals surface area contributed by atoms with Crippen molar-refractivity contribution in [3.8, 4) is 0 Å². The maximum absolute atomic E-state index is 11.3. The first kappa shape index (κ1) is 15.4. The van der Waals surface area contributed by atoms with Crippen LogP contribution in [0.1, 0.15) is 32.1 Å². The van der Waals surface area contributed by atoms with E-state index < -0.39 is 12.3 Å². The fourth-order valence-corrected chi connectivity index (χ4v) is 1.45. The zero-order valence-electron chi connectivity index (χ0n) is 9.30. The zero-order valence-corrected chi connectivity index (χ0v) is 10.2. The lowest BCUT2D eigenvalue weighted by molar-refractivity contribution is -0.133. The molecule has 0 amide bonds. The lowest BCUT2D eigenvalue weighted by Crippen LogP contribution is -2.31. The van der Waals surface area contributed by atoms with E-state index in [0.29, 0.717) is 25.1 Å². The van der Waals surface area contributed by atoms with Gasteiger partial charge in [0.2, 0.25) is 0 Å². The van der Waals surface area contributed by atoms with Gasteiger partial charge in [0.25, 0.3) is 6.47 Å². The SMILES string of the molecule is NC(CS)C(=O)CCCCC[C@H](N)OC=O. The van der Waals surface area contributed by atoms with Crippen molar-refractivity contribution in [1.29, 1.82) is 0 Å². The van der Waals surface area contributed by atoms with E-state index in [-0.39, 0.29) is 5.78 Å². The number of nitrogens with two attached hydrogens (primary N) is 2. The molecule has 0 rings (SSSR count). The Labute approximate surface area is 101 Å². The van der Waals surface area contributed by atoms with Crippen LogP contribution in [0.25, 0.3) is 0 Å². The summed E-state index contributed by atoms with van der Waals surface area (Å²) < 4.78 is 4.53. The molecule has 0 aliphatic rings. The van der Waals surface area contributed by atoms with Crippen molar-refractivity contribution in [3.63, 3.8) is 0 Å². The second kappa shape index (κ2) is 9.62. The van der Waals surface area contributed by atoms with Gasteiger partial charge in [-0.15, -0.1) is 0 Å². The Balaban J connectivity index is 3.39. The molecular weight excluding hydrogens is 228 g/mol. The van der Waals surface area contributed by atoms with E-state index in [4.69, 9.17) is 11.5 Å². The molecule has 16 heavy (non-hydrogen) atoms. The summed E-state index contributed by atoms with van der Waals surface area (Å²) in [6.07, 6.45) is 3.05. The number of ketones is 1. The van der Waals surface area contributed by atoms with Gasteiger partial charge in [-0.25, -0.2) is 0 Å². The number of ether oxygens (including phenoxy) is 1. The van der Waals surface area contributed by atoms with Crippen molar-refractivity contribution in [2.75, 3.05) is 5.75 Å². The maximum atomic E-state index is 11.3. The first-order valence-electron chi connectivity index (χ1n) is 5.35. The average molecular weight is 248 g/mol. The summed E-state index contributed by atoms with van der Waals surface area (Å²) in [4.78, 5) is 21.2. The minimum atomic E-state index is -0.534. The van der Waals surface area contributed by atoms with Crippen LogP contribution in [-0.2, 0) is 14.3 Å². The van der Waals surface area contributed by atoms with E-state index in [9.17, 15) is 9.59 Å². The van der Waals surface area contributed by atoms with Gasteiger partial charge in [-0.3, -0.25) is 15.3 Å². The number of hydrogen-bond acceptors (Lipinski definition) is 6. The molecular formula is C10H20N2O3S. The highest BCUT2D eigenvalue weighted by Crippen LogP contribution is 2.06. The minimum Gasteiger partial charge on any atom is -0.449 e. The molecule has 0 saturated carbocycles. The number of Topliss-reactive ketones (excluding diaryl/α,β-unsaturated/α-hetero) is 1. The molecule has 0 aromatic heterocycles. The summed E-state index contributed by atoms with van der Waals surface area (Å²) in [5, 5.41) is 0. The van der Waals surface area contributed by atoms with Crippen molar-refractivity contribution >= 4 is 24.9 Å². The van der Waals surface area contributed by atoms with E-state index in [1.165, 1.54) is 0 Å². The Hall–Kier alpha value is -0.590. The van der Waals surface area contributed by atoms with Crippen molar-refractivity contribution in [3.05, 3.63) is 0 Å². The highest BCUT2D eigenvalue weighted by molar-refractivity contribution is 7.80. The topological polar surface area (TPSA) is 95.4 Å². The minimum absolute atomic E-state index is 0.0449. The van der Waals surface area contributed by atoms with Crippen LogP contribution in [0.4, 0.5) is 0 Å². The second-order valence-electron chi connectivity index (χ2n) is 3.63. The van der Waals surface area contributed by atoms with Crippen molar-refractivity contribution in [1.82, 2.24) is 0 Å². The highest BCUT2D eigenvalue weighted by Gasteiger charge is 2.10. The average Bonchev–Trinajstić information content (AvgIpc) is 2.27. The van der Waals surface area contributed by atoms with Crippen molar-refractivity contribution < 1.29 is 14.3 Å². The number of rotatable bonds is 10. The van der Waals surface area contributed by atoms with Crippen LogP contribution < -0.4 is 11.5 Å². The fraction of sp³-hybridized carbons (Fsp3) is 0.800. The summed E-state index contributed by atoms with van der Waals surface area (Å²) >= 11 is 3.96. The van der Waals surface area contributed by atoms with Gasteiger partial charge in [0, 0.05) is 12.2 Å². The molecule has 0 fully saturated rings. The Morgan fingerprint density at radius 2 is 2.00 bits per heavy atom. The molecule has 4 N–H and O–H groups in total. The summed E-state index contributed by atoms with van der Waals surface area (Å²) in [5.74, 6) is 0.431. The molecule has 6 heteroatoms. The van der Waals surface area contributed by atoms with Gasteiger partial charge >= 0.3 is 0 Å². The van der Waals surface area contributed by atoms with Crippen LogP contribution in [0.15, 0.2) is 0 Å². The molecule has 0 aromatic rings. The van der Waals surface area contributed by atoms with Gasteiger partial charge in [-0.2, -0.15) is 12.6 Å². The summed E-state index contributed by atoms with van der Waals surface area (Å²) in [5.41, 5.74) is 11.0. The molecule has 2 atom stereocenters. The van der Waals surface area contributed by atoms with Gasteiger partial charge < -0.3 is 10.5 Å². The number of hydrogen-bond donors (Lipinski definition) is 3. The van der Waals surface area contributed by atoms with Crippen LogP contribution in [0.5, 0.6) is 0 Å². The third kappa shape index (κ3) is 7.67. The largest absolute Gasteiger partial charge is 0.449 e. The molecule has 0 spiro atoms. The molecule has 1 unspecified atom stereocenters. The van der Waals surface area contributed by atoms with Gasteiger partial charge in [0.15, 0.2) is 6.23 Å². The standard InChI is InChI=1S/C10H20N2O3S/c11-8(6-16)9(14)4-2-1-3-5-10(12)15-7-13/h7-8,10,16H,1-6,11-12H2/t8?,10-/m1/s1. The van der Waals surface area contributed by atoms with Crippen molar-refractivity contribution in [2.24, 2.45) is 11.5 Å². The third-order valence-electron chi connectivity index (χ3n) is 2.25. The third-order valence-corrected chi connectivity index (χ3v) is 2.65. The number of carbonyl (C=O) groups is 2. The summed E-state index contributed by atoms with van der Waals surface area (Å²) in [6.45, 7) is 0.347. The number of thiol groups is 1. The van der Waals surface area contributed by atoms with Crippen LogP contribution >= 0.6 is 12.6 Å². The lowest BCUT2D eigenvalue weighted by atomic mass is 10.1. The molecule has 0 aliphatic heterocycles. The fourth-order valence-electron chi connectivity index (χ4n) is 1.25. The van der Waals surface area contributed by atoms with Crippen LogP contribution in [0.3, 0.4) is 0 Å². The molecule has 5 nitrogen and oxygen atoms in total. The zero-order chi connectivity index (χ0) is 12.4. The van der Waals surface area contributed by atoms with E-state index in [1.54, 1.807) is 0 Å². The second-order valence-corrected chi connectivity index (χ2v) is 3.99. The summed E-state index contributed by atoms with van der Waals surface area (Å²) in [7, 11) is 0. The summed E-state index contributed by atoms with van der Waals surface area (Å²) in [6, 6.07) is -0.455. The van der Waals surface area contributed by atoms with Gasteiger partial charge in [-0.05, 0) is 19.3 Å². The quantitative estimate of drug-likeness (QED) is 0.222. The Morgan fingerprint density at radius 1 is 1.31 bits per heavy atom. The number of carbonyl (C=O) groups excluding carboxylic acids is 2. The van der Waals surface area contributed by atoms with E-state index in [2.05, 4.69) is 17.4 Å². The van der Waals surface area contributed by atoms with Gasteiger partial charge in [0.05, 0.1) is 6.04 Å². The Bertz CT molecular complexity index is 214. The molecule has 0 saturated heterocycles. The molecule has 0 aromatic carbocycles. The van der Waals surface area contributed by atoms with E-state index in [0.717, 1.165) is 19.3 Å². The predicted octanol–water partition coefficient (Wildman–Crippen LogP) is 0.221. The lowest BCUT2D eigenvalue weighted by Gasteiger charge is -2.09.